The van der Waals surface area contributed by atoms with Gasteiger partial charge in [-0.2, -0.15) is 0 Å². The van der Waals surface area contributed by atoms with Crippen molar-refractivity contribution in [2.24, 2.45) is 5.92 Å². The monoisotopic (exact) mass is 289 g/mol. The van der Waals surface area contributed by atoms with Crippen LogP contribution < -0.4 is 4.72 Å². The molecular weight excluding hydrogens is 269 g/mol. The first-order valence-corrected chi connectivity index (χ1v) is 7.65. The molecule has 0 aliphatic rings. The molecule has 19 heavy (non-hydrogen) atoms. The molecule has 1 rings (SSSR count). The van der Waals surface area contributed by atoms with Crippen LogP contribution in [0, 0.1) is 11.7 Å². The van der Waals surface area contributed by atoms with Gasteiger partial charge in [-0.3, -0.25) is 0 Å². The second-order valence-corrected chi connectivity index (χ2v) is 6.71. The Morgan fingerprint density at radius 3 is 2.37 bits per heavy atom. The second kappa shape index (κ2) is 5.98. The highest BCUT2D eigenvalue weighted by molar-refractivity contribution is 7.89. The van der Waals surface area contributed by atoms with Gasteiger partial charge in [0.25, 0.3) is 0 Å². The molecule has 0 aliphatic carbocycles. The minimum Gasteiger partial charge on any atom is -0.389 e. The van der Waals surface area contributed by atoms with Gasteiger partial charge in [-0.05, 0) is 37.1 Å². The van der Waals surface area contributed by atoms with E-state index >= 15 is 0 Å². The average molecular weight is 289 g/mol. The summed E-state index contributed by atoms with van der Waals surface area (Å²) < 4.78 is 39.0. The summed E-state index contributed by atoms with van der Waals surface area (Å²) >= 11 is 0. The van der Waals surface area contributed by atoms with Crippen LogP contribution in [0.2, 0.25) is 0 Å². The average Bonchev–Trinajstić information content (AvgIpc) is 2.36. The molecule has 0 radical (unpaired) electrons. The molecule has 0 spiro atoms. The van der Waals surface area contributed by atoms with Crippen LogP contribution in [0.15, 0.2) is 29.2 Å². The van der Waals surface area contributed by atoms with Crippen molar-refractivity contribution in [3.63, 3.8) is 0 Å². The Kier molecular flexibility index (Phi) is 5.06. The van der Waals surface area contributed by atoms with E-state index in [4.69, 9.17) is 0 Å². The van der Waals surface area contributed by atoms with Crippen LogP contribution in [0.1, 0.15) is 27.2 Å². The molecule has 108 valence electrons. The largest absolute Gasteiger partial charge is 0.389 e. The predicted molar refractivity (Wildman–Crippen MR) is 71.7 cm³/mol. The highest BCUT2D eigenvalue weighted by Crippen LogP contribution is 2.20. The molecule has 0 saturated carbocycles. The van der Waals surface area contributed by atoms with Crippen molar-refractivity contribution >= 4 is 10.0 Å². The Hall–Kier alpha value is -0.980. The highest BCUT2D eigenvalue weighted by Gasteiger charge is 2.29. The normalized spacial score (nSPS) is 16.9. The summed E-state index contributed by atoms with van der Waals surface area (Å²) in [6.07, 6.45) is 0.741. The number of nitrogens with one attached hydrogen (secondary N) is 1. The summed E-state index contributed by atoms with van der Waals surface area (Å²) in [5.41, 5.74) is -1.12. The fourth-order valence-electron chi connectivity index (χ4n) is 1.55. The predicted octanol–water partition coefficient (Wildman–Crippen LogP) is 1.90. The number of hydrogen-bond donors (Lipinski definition) is 2. The first kappa shape index (κ1) is 16.1. The van der Waals surface area contributed by atoms with Crippen LogP contribution in [-0.4, -0.2) is 25.7 Å². The molecule has 0 saturated heterocycles. The van der Waals surface area contributed by atoms with E-state index in [1.165, 1.54) is 12.1 Å². The molecule has 0 bridgehead atoms. The Bertz CT molecular complexity index is 511. The minimum atomic E-state index is -3.73. The molecule has 1 aromatic carbocycles. The zero-order valence-corrected chi connectivity index (χ0v) is 12.2. The van der Waals surface area contributed by atoms with E-state index in [0.717, 1.165) is 18.6 Å². The highest BCUT2D eigenvalue weighted by atomic mass is 32.2. The lowest BCUT2D eigenvalue weighted by molar-refractivity contribution is 0.0102. The maximum atomic E-state index is 12.7. The van der Waals surface area contributed by atoms with Crippen molar-refractivity contribution in [3.8, 4) is 0 Å². The maximum Gasteiger partial charge on any atom is 0.240 e. The molecule has 2 N–H and O–H groups in total. The van der Waals surface area contributed by atoms with E-state index in [1.807, 2.05) is 13.8 Å². The van der Waals surface area contributed by atoms with Crippen LogP contribution in [0.5, 0.6) is 0 Å². The molecule has 6 heteroatoms. The molecule has 0 amide bonds. The molecule has 0 heterocycles. The Morgan fingerprint density at radius 2 is 1.89 bits per heavy atom. The van der Waals surface area contributed by atoms with Gasteiger partial charge in [0, 0.05) is 6.54 Å². The first-order chi connectivity index (χ1) is 8.69. The third kappa shape index (κ3) is 4.26. The van der Waals surface area contributed by atoms with Gasteiger partial charge in [0.05, 0.1) is 10.5 Å². The molecule has 2 atom stereocenters. The van der Waals surface area contributed by atoms with Crippen molar-refractivity contribution in [2.45, 2.75) is 37.7 Å². The SMILES string of the molecule is CC[C@@H](C)[C@@](C)(O)CNS(=O)(=O)c1ccc(F)cc1. The van der Waals surface area contributed by atoms with Gasteiger partial charge in [-0.1, -0.05) is 20.3 Å². The van der Waals surface area contributed by atoms with Crippen molar-refractivity contribution in [2.75, 3.05) is 6.54 Å². The third-order valence-electron chi connectivity index (χ3n) is 3.42. The number of benzene rings is 1. The second-order valence-electron chi connectivity index (χ2n) is 4.94. The number of hydrogen-bond acceptors (Lipinski definition) is 3. The number of aliphatic hydroxyl groups is 1. The van der Waals surface area contributed by atoms with Crippen molar-refractivity contribution < 1.29 is 17.9 Å². The standard InChI is InChI=1S/C13H20FNO3S/c1-4-10(2)13(3,16)9-15-19(17,18)12-7-5-11(14)6-8-12/h5-8,10,15-16H,4,9H2,1-3H3/t10-,13+/m1/s1. The topological polar surface area (TPSA) is 66.4 Å². The zero-order chi connectivity index (χ0) is 14.7. The summed E-state index contributed by atoms with van der Waals surface area (Å²) in [5, 5.41) is 10.2. The lowest BCUT2D eigenvalue weighted by Gasteiger charge is -2.29. The van der Waals surface area contributed by atoms with E-state index < -0.39 is 21.4 Å². The van der Waals surface area contributed by atoms with Gasteiger partial charge in [0.15, 0.2) is 0 Å². The Morgan fingerprint density at radius 1 is 1.37 bits per heavy atom. The first-order valence-electron chi connectivity index (χ1n) is 6.16. The van der Waals surface area contributed by atoms with Crippen LogP contribution in [-0.2, 0) is 10.0 Å². The van der Waals surface area contributed by atoms with Gasteiger partial charge in [0.1, 0.15) is 5.82 Å². The van der Waals surface area contributed by atoms with Crippen LogP contribution in [0.4, 0.5) is 4.39 Å². The number of rotatable bonds is 6. The summed E-state index contributed by atoms with van der Waals surface area (Å²) in [4.78, 5) is -0.0196. The third-order valence-corrected chi connectivity index (χ3v) is 4.84. The van der Waals surface area contributed by atoms with Crippen molar-refractivity contribution in [1.29, 1.82) is 0 Å². The minimum absolute atomic E-state index is 0.0196. The van der Waals surface area contributed by atoms with E-state index in [-0.39, 0.29) is 17.4 Å². The van der Waals surface area contributed by atoms with E-state index in [1.54, 1.807) is 6.92 Å². The van der Waals surface area contributed by atoms with E-state index in [0.29, 0.717) is 0 Å². The summed E-state index contributed by atoms with van der Waals surface area (Å²) in [5.74, 6) is -0.533. The molecule has 0 aromatic heterocycles. The summed E-state index contributed by atoms with van der Waals surface area (Å²) in [6, 6.07) is 4.55. The lowest BCUT2D eigenvalue weighted by atomic mass is 9.89. The Labute approximate surface area is 113 Å². The fraction of sp³-hybridized carbons (Fsp3) is 0.538. The number of halogens is 1. The quantitative estimate of drug-likeness (QED) is 0.840. The zero-order valence-electron chi connectivity index (χ0n) is 11.4. The molecular formula is C13H20FNO3S. The number of sulfonamides is 1. The lowest BCUT2D eigenvalue weighted by Crippen LogP contribution is -2.44. The molecule has 0 unspecified atom stereocenters. The van der Waals surface area contributed by atoms with Gasteiger partial charge in [0.2, 0.25) is 10.0 Å². The molecule has 4 nitrogen and oxygen atoms in total. The summed E-state index contributed by atoms with van der Waals surface area (Å²) in [6.45, 7) is 5.29. The summed E-state index contributed by atoms with van der Waals surface area (Å²) in [7, 11) is -3.73. The van der Waals surface area contributed by atoms with Crippen LogP contribution in [0.25, 0.3) is 0 Å². The Balaban J connectivity index is 2.79. The van der Waals surface area contributed by atoms with Gasteiger partial charge in [-0.25, -0.2) is 17.5 Å². The van der Waals surface area contributed by atoms with E-state index in [2.05, 4.69) is 4.72 Å². The molecule has 0 fully saturated rings. The van der Waals surface area contributed by atoms with Gasteiger partial charge < -0.3 is 5.11 Å². The van der Waals surface area contributed by atoms with E-state index in [9.17, 15) is 17.9 Å². The van der Waals surface area contributed by atoms with Crippen LogP contribution in [0.3, 0.4) is 0 Å². The van der Waals surface area contributed by atoms with Gasteiger partial charge in [-0.15, -0.1) is 0 Å². The molecule has 0 aliphatic heterocycles. The molecule has 1 aromatic rings. The van der Waals surface area contributed by atoms with Crippen molar-refractivity contribution in [3.05, 3.63) is 30.1 Å². The van der Waals surface area contributed by atoms with Crippen LogP contribution >= 0.6 is 0 Å². The fourth-order valence-corrected chi connectivity index (χ4v) is 2.70. The van der Waals surface area contributed by atoms with Crippen molar-refractivity contribution in [1.82, 2.24) is 4.72 Å². The van der Waals surface area contributed by atoms with Gasteiger partial charge >= 0.3 is 0 Å². The smallest absolute Gasteiger partial charge is 0.240 e. The maximum absolute atomic E-state index is 12.7.